The van der Waals surface area contributed by atoms with Crippen molar-refractivity contribution >= 4 is 11.6 Å². The van der Waals surface area contributed by atoms with E-state index in [0.717, 1.165) is 12.1 Å². The van der Waals surface area contributed by atoms with Crippen LogP contribution >= 0.6 is 11.6 Å². The van der Waals surface area contributed by atoms with Crippen molar-refractivity contribution in [2.24, 2.45) is 0 Å². The number of aryl methyl sites for hydroxylation is 2. The molecule has 0 aliphatic heterocycles. The monoisotopic (exact) mass is 301 g/mol. The Labute approximate surface area is 118 Å². The first kappa shape index (κ1) is 14.7. The van der Waals surface area contributed by atoms with Gasteiger partial charge in [-0.05, 0) is 43.7 Å². The van der Waals surface area contributed by atoms with Gasteiger partial charge >= 0.3 is 6.18 Å². The fraction of sp³-hybridized carbons (Fsp3) is 0.214. The van der Waals surface area contributed by atoms with Gasteiger partial charge in [-0.15, -0.1) is 0 Å². The summed E-state index contributed by atoms with van der Waals surface area (Å²) in [5.41, 5.74) is 0.735. The number of phenols is 1. The molecule has 0 aliphatic carbocycles. The predicted molar refractivity (Wildman–Crippen MR) is 70.8 cm³/mol. The van der Waals surface area contributed by atoms with Gasteiger partial charge < -0.3 is 5.11 Å². The number of aromatic nitrogens is 1. The normalized spacial score (nSPS) is 11.7. The van der Waals surface area contributed by atoms with Gasteiger partial charge in [-0.25, -0.2) is 0 Å². The number of hydrogen-bond acceptors (Lipinski definition) is 2. The molecule has 6 heteroatoms. The lowest BCUT2D eigenvalue weighted by molar-refractivity contribution is -0.137. The smallest absolute Gasteiger partial charge is 0.416 e. The molecule has 0 radical (unpaired) electrons. The van der Waals surface area contributed by atoms with Crippen LogP contribution in [0.3, 0.4) is 0 Å². The standard InChI is InChI=1S/C14H11ClF3NO/c1-7-3-13(20)11(15)6-10(7)12-5-9(14(16,17)18)4-8(2)19-12/h3-6,20H,1-2H3. The zero-order valence-electron chi connectivity index (χ0n) is 10.7. The Hall–Kier alpha value is -1.75. The predicted octanol–water partition coefficient (Wildman–Crippen LogP) is 4.74. The van der Waals surface area contributed by atoms with E-state index in [1.165, 1.54) is 19.1 Å². The largest absolute Gasteiger partial charge is 0.506 e. The SMILES string of the molecule is Cc1cc(C(F)(F)F)cc(-c2cc(Cl)c(O)cc2C)n1. The molecular weight excluding hydrogens is 291 g/mol. The maximum absolute atomic E-state index is 12.8. The van der Waals surface area contributed by atoms with Crippen LogP contribution in [0.15, 0.2) is 24.3 Å². The second kappa shape index (κ2) is 4.98. The minimum absolute atomic E-state index is 0.0717. The van der Waals surface area contributed by atoms with Gasteiger partial charge in [-0.2, -0.15) is 13.2 Å². The Morgan fingerprint density at radius 2 is 1.75 bits per heavy atom. The number of aromatic hydroxyl groups is 1. The highest BCUT2D eigenvalue weighted by molar-refractivity contribution is 6.32. The van der Waals surface area contributed by atoms with Crippen molar-refractivity contribution in [1.82, 2.24) is 4.98 Å². The van der Waals surface area contributed by atoms with Gasteiger partial charge in [-0.1, -0.05) is 11.6 Å². The summed E-state index contributed by atoms with van der Waals surface area (Å²) < 4.78 is 38.4. The van der Waals surface area contributed by atoms with Crippen LogP contribution in [0.4, 0.5) is 13.2 Å². The van der Waals surface area contributed by atoms with Crippen LogP contribution in [0.5, 0.6) is 5.75 Å². The van der Waals surface area contributed by atoms with Crippen molar-refractivity contribution in [2.45, 2.75) is 20.0 Å². The average Bonchev–Trinajstić information content (AvgIpc) is 2.32. The second-order valence-electron chi connectivity index (χ2n) is 4.50. The van der Waals surface area contributed by atoms with Crippen molar-refractivity contribution in [3.8, 4) is 17.0 Å². The van der Waals surface area contributed by atoms with E-state index in [2.05, 4.69) is 4.98 Å². The molecule has 0 atom stereocenters. The van der Waals surface area contributed by atoms with E-state index >= 15 is 0 Å². The van der Waals surface area contributed by atoms with E-state index in [1.807, 2.05) is 0 Å². The highest BCUT2D eigenvalue weighted by Crippen LogP contribution is 2.35. The van der Waals surface area contributed by atoms with Crippen molar-refractivity contribution in [3.05, 3.63) is 46.1 Å². The molecule has 2 aromatic rings. The van der Waals surface area contributed by atoms with Crippen LogP contribution in [-0.4, -0.2) is 10.1 Å². The lowest BCUT2D eigenvalue weighted by Crippen LogP contribution is -2.06. The molecule has 0 saturated heterocycles. The number of alkyl halides is 3. The first-order chi connectivity index (χ1) is 9.18. The van der Waals surface area contributed by atoms with Crippen LogP contribution < -0.4 is 0 Å². The summed E-state index contributed by atoms with van der Waals surface area (Å²) in [6, 6.07) is 4.77. The minimum atomic E-state index is -4.43. The Morgan fingerprint density at radius 1 is 1.10 bits per heavy atom. The Bertz CT molecular complexity index is 668. The number of rotatable bonds is 1. The molecule has 0 saturated carbocycles. The lowest BCUT2D eigenvalue weighted by Gasteiger charge is -2.12. The summed E-state index contributed by atoms with van der Waals surface area (Å²) in [6.07, 6.45) is -4.43. The third kappa shape index (κ3) is 2.88. The molecule has 0 fully saturated rings. The number of halogens is 4. The Morgan fingerprint density at radius 3 is 2.35 bits per heavy atom. The third-order valence-corrected chi connectivity index (χ3v) is 3.15. The topological polar surface area (TPSA) is 33.1 Å². The lowest BCUT2D eigenvalue weighted by atomic mass is 10.0. The van der Waals surface area contributed by atoms with Crippen LogP contribution in [-0.2, 0) is 6.18 Å². The summed E-state index contributed by atoms with van der Waals surface area (Å²) in [6.45, 7) is 3.17. The summed E-state index contributed by atoms with van der Waals surface area (Å²) in [5.74, 6) is -0.114. The fourth-order valence-electron chi connectivity index (χ4n) is 1.91. The van der Waals surface area contributed by atoms with Crippen molar-refractivity contribution in [2.75, 3.05) is 0 Å². The number of pyridine rings is 1. The second-order valence-corrected chi connectivity index (χ2v) is 4.91. The molecule has 106 valence electrons. The van der Waals surface area contributed by atoms with Gasteiger partial charge in [0.05, 0.1) is 16.3 Å². The molecular formula is C14H11ClF3NO. The molecule has 0 spiro atoms. The van der Waals surface area contributed by atoms with E-state index < -0.39 is 11.7 Å². The molecule has 20 heavy (non-hydrogen) atoms. The summed E-state index contributed by atoms with van der Waals surface area (Å²) in [5, 5.41) is 9.55. The minimum Gasteiger partial charge on any atom is -0.506 e. The van der Waals surface area contributed by atoms with E-state index in [0.29, 0.717) is 11.1 Å². The van der Waals surface area contributed by atoms with Gasteiger partial charge in [0.1, 0.15) is 5.75 Å². The number of benzene rings is 1. The van der Waals surface area contributed by atoms with E-state index in [-0.39, 0.29) is 22.2 Å². The van der Waals surface area contributed by atoms with Gasteiger partial charge in [-0.3, -0.25) is 4.98 Å². The molecule has 2 nitrogen and oxygen atoms in total. The zero-order valence-corrected chi connectivity index (χ0v) is 11.5. The van der Waals surface area contributed by atoms with Gasteiger partial charge in [0.15, 0.2) is 0 Å². The Balaban J connectivity index is 2.64. The van der Waals surface area contributed by atoms with Gasteiger partial charge in [0, 0.05) is 11.3 Å². The number of nitrogens with zero attached hydrogens (tertiary/aromatic N) is 1. The van der Waals surface area contributed by atoms with Gasteiger partial charge in [0.2, 0.25) is 0 Å². The number of hydrogen-bond donors (Lipinski definition) is 1. The van der Waals surface area contributed by atoms with E-state index in [9.17, 15) is 18.3 Å². The summed E-state index contributed by atoms with van der Waals surface area (Å²) in [4.78, 5) is 4.11. The van der Waals surface area contributed by atoms with Crippen molar-refractivity contribution in [3.63, 3.8) is 0 Å². The Kier molecular flexibility index (Phi) is 3.65. The van der Waals surface area contributed by atoms with Gasteiger partial charge in [0.25, 0.3) is 0 Å². The van der Waals surface area contributed by atoms with Crippen molar-refractivity contribution in [1.29, 1.82) is 0 Å². The quantitative estimate of drug-likeness (QED) is 0.825. The van der Waals surface area contributed by atoms with Crippen LogP contribution in [0.2, 0.25) is 5.02 Å². The maximum Gasteiger partial charge on any atom is 0.416 e. The third-order valence-electron chi connectivity index (χ3n) is 2.85. The summed E-state index contributed by atoms with van der Waals surface area (Å²) >= 11 is 5.81. The molecule has 0 unspecified atom stereocenters. The number of phenolic OH excluding ortho intramolecular Hbond substituents is 1. The first-order valence-electron chi connectivity index (χ1n) is 5.74. The average molecular weight is 302 g/mol. The van der Waals surface area contributed by atoms with Crippen LogP contribution in [0, 0.1) is 13.8 Å². The van der Waals surface area contributed by atoms with E-state index in [1.54, 1.807) is 6.92 Å². The molecule has 1 aromatic carbocycles. The van der Waals surface area contributed by atoms with E-state index in [4.69, 9.17) is 11.6 Å². The summed E-state index contributed by atoms with van der Waals surface area (Å²) in [7, 11) is 0. The molecule has 2 rings (SSSR count). The molecule has 1 heterocycles. The van der Waals surface area contributed by atoms with Crippen LogP contribution in [0.1, 0.15) is 16.8 Å². The highest BCUT2D eigenvalue weighted by atomic mass is 35.5. The first-order valence-corrected chi connectivity index (χ1v) is 6.11. The molecule has 0 aliphatic rings. The molecule has 1 N–H and O–H groups in total. The molecule has 0 bridgehead atoms. The highest BCUT2D eigenvalue weighted by Gasteiger charge is 2.31. The van der Waals surface area contributed by atoms with Crippen molar-refractivity contribution < 1.29 is 18.3 Å². The molecule has 0 amide bonds. The maximum atomic E-state index is 12.8. The zero-order chi connectivity index (χ0) is 15.1. The fourth-order valence-corrected chi connectivity index (χ4v) is 2.08. The van der Waals surface area contributed by atoms with Crippen LogP contribution in [0.25, 0.3) is 11.3 Å². The molecule has 1 aromatic heterocycles.